The maximum absolute atomic E-state index is 4.48. The number of nitrogens with zero attached hydrogens (tertiary/aromatic N) is 2. The van der Waals surface area contributed by atoms with E-state index in [4.69, 9.17) is 0 Å². The highest BCUT2D eigenvalue weighted by Crippen LogP contribution is 2.27. The number of allylic oxidation sites excluding steroid dienone is 17. The highest BCUT2D eigenvalue weighted by Gasteiger charge is 2.13. The summed E-state index contributed by atoms with van der Waals surface area (Å²) in [5.41, 5.74) is 7.58. The van der Waals surface area contributed by atoms with Gasteiger partial charge in [0.25, 0.3) is 0 Å². The Kier molecular flexibility index (Phi) is 16.4. The molecule has 0 aromatic heterocycles. The fourth-order valence-electron chi connectivity index (χ4n) is 5.60. The molecule has 0 amide bonds. The zero-order chi connectivity index (χ0) is 35.4. The normalized spacial score (nSPS) is 19.8. The number of hydrogen-bond acceptors (Lipinski definition) is 2. The molecular formula is C47H56N2. The highest BCUT2D eigenvalue weighted by atomic mass is 15.1. The molecule has 2 nitrogen and oxygen atoms in total. The number of anilines is 1. The molecule has 2 heteroatoms. The van der Waals surface area contributed by atoms with Crippen LogP contribution in [0.25, 0.3) is 12.2 Å². The van der Waals surface area contributed by atoms with Crippen molar-refractivity contribution in [1.29, 1.82) is 0 Å². The largest absolute Gasteiger partial charge is 0.338 e. The van der Waals surface area contributed by atoms with Gasteiger partial charge in [0.1, 0.15) is 0 Å². The van der Waals surface area contributed by atoms with E-state index in [0.717, 1.165) is 53.3 Å². The minimum atomic E-state index is 0.343. The van der Waals surface area contributed by atoms with Gasteiger partial charge in [0.2, 0.25) is 0 Å². The van der Waals surface area contributed by atoms with E-state index in [1.54, 1.807) is 0 Å². The van der Waals surface area contributed by atoms with Crippen molar-refractivity contribution in [3.8, 4) is 0 Å². The number of rotatable bonds is 14. The molecule has 0 saturated carbocycles. The minimum absolute atomic E-state index is 0.343. The van der Waals surface area contributed by atoms with Gasteiger partial charge < -0.3 is 9.80 Å². The van der Waals surface area contributed by atoms with Crippen LogP contribution in [0.5, 0.6) is 0 Å². The van der Waals surface area contributed by atoms with Gasteiger partial charge in [-0.3, -0.25) is 0 Å². The number of hydrogen-bond donors (Lipinski definition) is 0. The Morgan fingerprint density at radius 1 is 0.857 bits per heavy atom. The molecule has 0 spiro atoms. The van der Waals surface area contributed by atoms with Gasteiger partial charge in [-0.05, 0) is 104 Å². The lowest BCUT2D eigenvalue weighted by molar-refractivity contribution is 0.515. The van der Waals surface area contributed by atoms with Gasteiger partial charge in [-0.1, -0.05) is 149 Å². The van der Waals surface area contributed by atoms with Crippen LogP contribution in [0.2, 0.25) is 0 Å². The third-order valence-electron chi connectivity index (χ3n) is 8.32. The Morgan fingerprint density at radius 2 is 1.57 bits per heavy atom. The van der Waals surface area contributed by atoms with E-state index < -0.39 is 0 Å². The van der Waals surface area contributed by atoms with Crippen LogP contribution < -0.4 is 15.3 Å². The van der Waals surface area contributed by atoms with E-state index in [0.29, 0.717) is 12.5 Å². The maximum Gasteiger partial charge on any atom is 0.0458 e. The van der Waals surface area contributed by atoms with E-state index in [1.807, 2.05) is 6.92 Å². The standard InChI is InChI=1S/C47H56N2/c1-9-22-43-25-20-21-26-44(43)36-37-48(45(12-4)23-10-2)40(7)32-31-39(6)42(11-3)34-33-41(8)49(46-27-18-15-19-28-46)47-29-17-14-13-16-24-38(5)30-35-47/h10,12-16,18-36,38H,6-7,9,11,17,37H2,1-5,8H3/b14-13-,23-10-,24-16-,32-31-,35-30-,41-33+,42-34+,43-22-,44-36-,45-12+,47-29+. The molecule has 0 saturated heterocycles. The lowest BCUT2D eigenvalue weighted by Gasteiger charge is -2.27. The second-order valence-corrected chi connectivity index (χ2v) is 12.0. The van der Waals surface area contributed by atoms with Crippen LogP contribution in [-0.2, 0) is 0 Å². The van der Waals surface area contributed by atoms with Crippen LogP contribution in [0.1, 0.15) is 60.8 Å². The third kappa shape index (κ3) is 12.1. The van der Waals surface area contributed by atoms with Crippen LogP contribution in [0.15, 0.2) is 187 Å². The first-order valence-electron chi connectivity index (χ1n) is 17.6. The summed E-state index contributed by atoms with van der Waals surface area (Å²) in [6.45, 7) is 22.5. The second-order valence-electron chi connectivity index (χ2n) is 12.0. The first-order valence-corrected chi connectivity index (χ1v) is 17.6. The summed E-state index contributed by atoms with van der Waals surface area (Å²) in [5.74, 6) is 0.343. The fraction of sp³-hybridized carbons (Fsp3) is 0.234. The average molecular weight is 649 g/mol. The molecule has 0 heterocycles. The van der Waals surface area contributed by atoms with Gasteiger partial charge in [-0.25, -0.2) is 0 Å². The van der Waals surface area contributed by atoms with Crippen molar-refractivity contribution in [3.63, 3.8) is 0 Å². The highest BCUT2D eigenvalue weighted by molar-refractivity contribution is 5.61. The monoisotopic (exact) mass is 648 g/mol. The molecule has 1 aliphatic rings. The predicted octanol–water partition coefficient (Wildman–Crippen LogP) is 11.4. The van der Waals surface area contributed by atoms with Gasteiger partial charge in [-0.2, -0.15) is 0 Å². The van der Waals surface area contributed by atoms with Gasteiger partial charge >= 0.3 is 0 Å². The fourth-order valence-corrected chi connectivity index (χ4v) is 5.60. The topological polar surface area (TPSA) is 6.48 Å². The molecule has 1 aliphatic carbocycles. The van der Waals surface area contributed by atoms with Gasteiger partial charge in [0, 0.05) is 35.0 Å². The molecule has 1 unspecified atom stereocenters. The van der Waals surface area contributed by atoms with Gasteiger partial charge in [0.05, 0.1) is 0 Å². The first kappa shape index (κ1) is 38.4. The van der Waals surface area contributed by atoms with Crippen molar-refractivity contribution in [1.82, 2.24) is 4.90 Å². The summed E-state index contributed by atoms with van der Waals surface area (Å²) in [5, 5.41) is 2.49. The zero-order valence-electron chi connectivity index (χ0n) is 30.6. The number of benzene rings is 2. The van der Waals surface area contributed by atoms with Crippen molar-refractivity contribution in [2.24, 2.45) is 5.92 Å². The lowest BCUT2D eigenvalue weighted by atomic mass is 10.0. The predicted molar refractivity (Wildman–Crippen MR) is 218 cm³/mol. The summed E-state index contributed by atoms with van der Waals surface area (Å²) < 4.78 is 0. The van der Waals surface area contributed by atoms with E-state index in [2.05, 4.69) is 209 Å². The lowest BCUT2D eigenvalue weighted by Crippen LogP contribution is -2.27. The van der Waals surface area contributed by atoms with Crippen molar-refractivity contribution < 1.29 is 0 Å². The van der Waals surface area contributed by atoms with Crippen LogP contribution in [0.4, 0.5) is 5.69 Å². The zero-order valence-corrected chi connectivity index (χ0v) is 30.6. The van der Waals surface area contributed by atoms with Crippen molar-refractivity contribution in [3.05, 3.63) is 197 Å². The van der Waals surface area contributed by atoms with E-state index in [9.17, 15) is 0 Å². The summed E-state index contributed by atoms with van der Waals surface area (Å²) >= 11 is 0. The maximum atomic E-state index is 4.48. The molecular weight excluding hydrogens is 593 g/mol. The Labute approximate surface area is 297 Å². The van der Waals surface area contributed by atoms with E-state index >= 15 is 0 Å². The van der Waals surface area contributed by atoms with Gasteiger partial charge in [0.15, 0.2) is 0 Å². The first-order chi connectivity index (χ1) is 23.8. The Bertz CT molecular complexity index is 1800. The Balaban J connectivity index is 1.92. The molecule has 2 aromatic carbocycles. The smallest absolute Gasteiger partial charge is 0.0458 e. The molecule has 1 atom stereocenters. The molecule has 0 aliphatic heterocycles. The summed E-state index contributed by atoms with van der Waals surface area (Å²) in [6.07, 6.45) is 37.7. The number of para-hydroxylation sites is 1. The summed E-state index contributed by atoms with van der Waals surface area (Å²) in [6, 6.07) is 19.1. The van der Waals surface area contributed by atoms with Crippen molar-refractivity contribution in [2.45, 2.75) is 60.8 Å². The van der Waals surface area contributed by atoms with Crippen LogP contribution in [0.3, 0.4) is 0 Å². The minimum Gasteiger partial charge on any atom is -0.338 e. The molecule has 3 rings (SSSR count). The molecule has 254 valence electrons. The van der Waals surface area contributed by atoms with Crippen LogP contribution in [0, 0.1) is 5.92 Å². The van der Waals surface area contributed by atoms with E-state index in [1.165, 1.54) is 16.0 Å². The van der Waals surface area contributed by atoms with Gasteiger partial charge in [-0.15, -0.1) is 0 Å². The molecule has 0 bridgehead atoms. The third-order valence-corrected chi connectivity index (χ3v) is 8.32. The van der Waals surface area contributed by atoms with E-state index in [-0.39, 0.29) is 0 Å². The Morgan fingerprint density at radius 3 is 2.24 bits per heavy atom. The van der Waals surface area contributed by atoms with Crippen LogP contribution in [-0.4, -0.2) is 11.4 Å². The molecule has 0 N–H and O–H groups in total. The van der Waals surface area contributed by atoms with Crippen molar-refractivity contribution >= 4 is 17.8 Å². The molecule has 49 heavy (non-hydrogen) atoms. The second kappa shape index (κ2) is 21.0. The molecule has 2 aromatic rings. The molecule has 0 fully saturated rings. The SMILES string of the molecule is C=C(/C=C\C(=C)N(C/C=c1/cccc/c1=C/CC)C(/C=C\C)=C/C)/C(=C/C=C(\C)N(C1=C/C/C=C\C=C/C(C)/C=C\1)c1ccccc1)CC. The Hall–Kier alpha value is -5.08. The summed E-state index contributed by atoms with van der Waals surface area (Å²) in [4.78, 5) is 4.58. The molecule has 0 radical (unpaired) electrons. The van der Waals surface area contributed by atoms with Crippen molar-refractivity contribution in [2.75, 3.05) is 11.4 Å². The van der Waals surface area contributed by atoms with Crippen LogP contribution >= 0.6 is 0 Å². The average Bonchev–Trinajstić information content (AvgIpc) is 3.11. The summed E-state index contributed by atoms with van der Waals surface area (Å²) in [7, 11) is 0. The quantitative estimate of drug-likeness (QED) is 0.188.